The second-order valence-electron chi connectivity index (χ2n) is 4.69. The molecule has 3 rings (SSSR count). The molecule has 2 amide bonds. The molecule has 2 heterocycles. The maximum absolute atomic E-state index is 12.0. The van der Waals surface area contributed by atoms with Gasteiger partial charge in [0.1, 0.15) is 6.04 Å². The Morgan fingerprint density at radius 1 is 1.38 bits per heavy atom. The summed E-state index contributed by atoms with van der Waals surface area (Å²) >= 11 is 7.20. The van der Waals surface area contributed by atoms with Gasteiger partial charge in [0.25, 0.3) is 0 Å². The van der Waals surface area contributed by atoms with Crippen molar-refractivity contribution in [3.63, 3.8) is 0 Å². The average molecular weight is 322 g/mol. The Labute approximate surface area is 130 Å². The van der Waals surface area contributed by atoms with Gasteiger partial charge in [0, 0.05) is 22.4 Å². The van der Waals surface area contributed by atoms with Gasteiger partial charge in [-0.05, 0) is 18.6 Å². The van der Waals surface area contributed by atoms with Gasteiger partial charge >= 0.3 is 0 Å². The number of carbonyl (C=O) groups excluding carboxylic acids is 2. The summed E-state index contributed by atoms with van der Waals surface area (Å²) in [7, 11) is 0. The van der Waals surface area contributed by atoms with Crippen LogP contribution in [0.5, 0.6) is 0 Å². The molecule has 1 aliphatic rings. The molecule has 0 bridgehead atoms. The van der Waals surface area contributed by atoms with Crippen LogP contribution in [0.25, 0.3) is 11.3 Å². The number of anilines is 1. The third-order valence-corrected chi connectivity index (χ3v) is 4.20. The molecule has 21 heavy (non-hydrogen) atoms. The number of thiazole rings is 1. The van der Waals surface area contributed by atoms with Crippen LogP contribution in [0.15, 0.2) is 29.6 Å². The lowest BCUT2D eigenvalue weighted by molar-refractivity contribution is -0.122. The largest absolute Gasteiger partial charge is 0.344 e. The molecule has 1 aliphatic heterocycles. The monoisotopic (exact) mass is 321 g/mol. The van der Waals surface area contributed by atoms with Gasteiger partial charge in [-0.15, -0.1) is 11.3 Å². The van der Waals surface area contributed by atoms with E-state index in [1.807, 2.05) is 17.5 Å². The van der Waals surface area contributed by atoms with Gasteiger partial charge in [-0.3, -0.25) is 9.59 Å². The summed E-state index contributed by atoms with van der Waals surface area (Å²) in [5.74, 6) is -0.311. The molecule has 5 nitrogen and oxygen atoms in total. The second kappa shape index (κ2) is 5.83. The highest BCUT2D eigenvalue weighted by atomic mass is 35.5. The van der Waals surface area contributed by atoms with E-state index in [9.17, 15) is 9.59 Å². The molecule has 1 fully saturated rings. The van der Waals surface area contributed by atoms with Crippen LogP contribution in [0.4, 0.5) is 5.13 Å². The zero-order valence-electron chi connectivity index (χ0n) is 10.9. The SMILES string of the molecule is O=C1CC[C@H](C(=O)Nc2nc(-c3ccc(Cl)cc3)cs2)N1. The third-order valence-electron chi connectivity index (χ3n) is 3.19. The molecule has 0 aliphatic carbocycles. The predicted molar refractivity (Wildman–Crippen MR) is 82.4 cm³/mol. The Morgan fingerprint density at radius 3 is 2.81 bits per heavy atom. The number of nitrogens with zero attached hydrogens (tertiary/aromatic N) is 1. The van der Waals surface area contributed by atoms with Gasteiger partial charge in [0.05, 0.1) is 5.69 Å². The maximum Gasteiger partial charge on any atom is 0.248 e. The number of rotatable bonds is 3. The summed E-state index contributed by atoms with van der Waals surface area (Å²) in [6.07, 6.45) is 0.923. The van der Waals surface area contributed by atoms with Crippen molar-refractivity contribution >= 4 is 39.9 Å². The summed E-state index contributed by atoms with van der Waals surface area (Å²) in [6.45, 7) is 0. The molecule has 0 saturated carbocycles. The minimum absolute atomic E-state index is 0.0869. The van der Waals surface area contributed by atoms with Crippen LogP contribution in [0.1, 0.15) is 12.8 Å². The highest BCUT2D eigenvalue weighted by molar-refractivity contribution is 7.14. The Morgan fingerprint density at radius 2 is 2.14 bits per heavy atom. The normalized spacial score (nSPS) is 17.6. The lowest BCUT2D eigenvalue weighted by Crippen LogP contribution is -2.37. The number of carbonyl (C=O) groups is 2. The van der Waals surface area contributed by atoms with E-state index in [0.29, 0.717) is 23.0 Å². The van der Waals surface area contributed by atoms with E-state index >= 15 is 0 Å². The Hall–Kier alpha value is -1.92. The molecular weight excluding hydrogens is 310 g/mol. The summed E-state index contributed by atoms with van der Waals surface area (Å²) in [5.41, 5.74) is 1.72. The van der Waals surface area contributed by atoms with Crippen LogP contribution < -0.4 is 10.6 Å². The van der Waals surface area contributed by atoms with Crippen LogP contribution in [0, 0.1) is 0 Å². The summed E-state index contributed by atoms with van der Waals surface area (Å²) in [6, 6.07) is 6.88. The molecule has 0 spiro atoms. The van der Waals surface area contributed by atoms with Gasteiger partial charge < -0.3 is 10.6 Å². The highest BCUT2D eigenvalue weighted by Crippen LogP contribution is 2.26. The number of amides is 2. The summed E-state index contributed by atoms with van der Waals surface area (Å²) in [4.78, 5) is 27.5. The molecule has 1 atom stereocenters. The van der Waals surface area contributed by atoms with E-state index in [1.165, 1.54) is 11.3 Å². The van der Waals surface area contributed by atoms with Crippen LogP contribution in [-0.2, 0) is 9.59 Å². The minimum atomic E-state index is -0.458. The first-order chi connectivity index (χ1) is 10.1. The quantitative estimate of drug-likeness (QED) is 0.913. The van der Waals surface area contributed by atoms with E-state index in [-0.39, 0.29) is 11.8 Å². The highest BCUT2D eigenvalue weighted by Gasteiger charge is 2.27. The summed E-state index contributed by atoms with van der Waals surface area (Å²) in [5, 5.41) is 8.42. The van der Waals surface area contributed by atoms with Crippen LogP contribution >= 0.6 is 22.9 Å². The Kier molecular flexibility index (Phi) is 3.90. The standard InChI is InChI=1S/C14H12ClN3O2S/c15-9-3-1-8(2-4-9)11-7-21-14(17-11)18-13(20)10-5-6-12(19)16-10/h1-4,7,10H,5-6H2,(H,16,19)(H,17,18,20)/t10-/m1/s1. The minimum Gasteiger partial charge on any atom is -0.344 e. The molecule has 2 N–H and O–H groups in total. The lowest BCUT2D eigenvalue weighted by Gasteiger charge is -2.08. The van der Waals surface area contributed by atoms with Gasteiger partial charge in [0.15, 0.2) is 5.13 Å². The van der Waals surface area contributed by atoms with Crippen molar-refractivity contribution in [2.45, 2.75) is 18.9 Å². The fourth-order valence-electron chi connectivity index (χ4n) is 2.09. The number of hydrogen-bond donors (Lipinski definition) is 2. The number of hydrogen-bond acceptors (Lipinski definition) is 4. The number of nitrogens with one attached hydrogen (secondary N) is 2. The van der Waals surface area contributed by atoms with E-state index in [4.69, 9.17) is 11.6 Å². The van der Waals surface area contributed by atoms with Crippen LogP contribution in [0.2, 0.25) is 5.02 Å². The molecule has 1 saturated heterocycles. The van der Waals surface area contributed by atoms with E-state index in [1.54, 1.807) is 12.1 Å². The van der Waals surface area contributed by atoms with Crippen molar-refractivity contribution in [3.8, 4) is 11.3 Å². The van der Waals surface area contributed by atoms with E-state index < -0.39 is 6.04 Å². The van der Waals surface area contributed by atoms with Gasteiger partial charge in [-0.1, -0.05) is 23.7 Å². The fourth-order valence-corrected chi connectivity index (χ4v) is 2.94. The Balaban J connectivity index is 1.69. The third kappa shape index (κ3) is 3.22. The predicted octanol–water partition coefficient (Wildman–Crippen LogP) is 2.68. The van der Waals surface area contributed by atoms with Crippen molar-refractivity contribution in [1.29, 1.82) is 0 Å². The van der Waals surface area contributed by atoms with Gasteiger partial charge in [-0.2, -0.15) is 0 Å². The topological polar surface area (TPSA) is 71.1 Å². The molecular formula is C14H12ClN3O2S. The van der Waals surface area contributed by atoms with E-state index in [2.05, 4.69) is 15.6 Å². The molecule has 108 valence electrons. The summed E-state index contributed by atoms with van der Waals surface area (Å²) < 4.78 is 0. The molecule has 0 radical (unpaired) electrons. The first-order valence-electron chi connectivity index (χ1n) is 6.43. The fraction of sp³-hybridized carbons (Fsp3) is 0.214. The van der Waals surface area contributed by atoms with E-state index in [0.717, 1.165) is 11.3 Å². The molecule has 1 aromatic heterocycles. The second-order valence-corrected chi connectivity index (χ2v) is 5.99. The van der Waals surface area contributed by atoms with Crippen molar-refractivity contribution in [2.24, 2.45) is 0 Å². The zero-order valence-corrected chi connectivity index (χ0v) is 12.5. The maximum atomic E-state index is 12.0. The zero-order chi connectivity index (χ0) is 14.8. The Bertz CT molecular complexity index is 684. The average Bonchev–Trinajstić information content (AvgIpc) is 3.09. The molecule has 2 aromatic rings. The smallest absolute Gasteiger partial charge is 0.248 e. The van der Waals surface area contributed by atoms with Crippen molar-refractivity contribution in [3.05, 3.63) is 34.7 Å². The number of benzene rings is 1. The van der Waals surface area contributed by atoms with Gasteiger partial charge in [0.2, 0.25) is 11.8 Å². The number of aromatic nitrogens is 1. The molecule has 7 heteroatoms. The lowest BCUT2D eigenvalue weighted by atomic mass is 10.2. The molecule has 0 unspecified atom stereocenters. The van der Waals surface area contributed by atoms with Crippen LogP contribution in [0.3, 0.4) is 0 Å². The van der Waals surface area contributed by atoms with Gasteiger partial charge in [-0.25, -0.2) is 4.98 Å². The first kappa shape index (κ1) is 14.0. The molecule has 1 aromatic carbocycles. The van der Waals surface area contributed by atoms with Crippen LogP contribution in [-0.4, -0.2) is 22.8 Å². The first-order valence-corrected chi connectivity index (χ1v) is 7.69. The van der Waals surface area contributed by atoms with Crippen molar-refractivity contribution in [2.75, 3.05) is 5.32 Å². The van der Waals surface area contributed by atoms with Crippen molar-refractivity contribution in [1.82, 2.24) is 10.3 Å². The van der Waals surface area contributed by atoms with Crippen molar-refractivity contribution < 1.29 is 9.59 Å². The number of halogens is 1.